The Hall–Kier alpha value is -1.24. The number of hydrogen-bond donors (Lipinski definition) is 1. The predicted octanol–water partition coefficient (Wildman–Crippen LogP) is 2.95. The largest absolute Gasteiger partial charge is 0.490 e. The van der Waals surface area contributed by atoms with Crippen LogP contribution in [0.2, 0.25) is 0 Å². The van der Waals surface area contributed by atoms with Crippen LogP contribution in [0.5, 0.6) is 5.75 Å². The van der Waals surface area contributed by atoms with E-state index >= 15 is 0 Å². The number of rotatable bonds is 6. The van der Waals surface area contributed by atoms with Crippen molar-refractivity contribution in [3.8, 4) is 5.75 Å². The highest BCUT2D eigenvalue weighted by atomic mass is 32.2. The second-order valence-electron chi connectivity index (χ2n) is 7.86. The van der Waals surface area contributed by atoms with E-state index in [4.69, 9.17) is 9.47 Å². The van der Waals surface area contributed by atoms with Gasteiger partial charge in [0.15, 0.2) is 0 Å². The Morgan fingerprint density at radius 3 is 2.63 bits per heavy atom. The van der Waals surface area contributed by atoms with Gasteiger partial charge in [0.05, 0.1) is 19.3 Å². The lowest BCUT2D eigenvalue weighted by atomic mass is 9.95. The summed E-state index contributed by atoms with van der Waals surface area (Å²) in [7, 11) is 0. The Morgan fingerprint density at radius 1 is 1.22 bits per heavy atom. The maximum Gasteiger partial charge on any atom is 0.251 e. The number of morpholine rings is 1. The van der Waals surface area contributed by atoms with Gasteiger partial charge in [0.2, 0.25) is 0 Å². The summed E-state index contributed by atoms with van der Waals surface area (Å²) in [6, 6.07) is 7.61. The molecule has 1 N–H and O–H groups in total. The van der Waals surface area contributed by atoms with Crippen LogP contribution >= 0.6 is 11.8 Å². The first kappa shape index (κ1) is 19.1. The zero-order valence-electron chi connectivity index (χ0n) is 16.0. The van der Waals surface area contributed by atoms with Crippen molar-refractivity contribution in [3.63, 3.8) is 0 Å². The van der Waals surface area contributed by atoms with E-state index in [9.17, 15) is 4.79 Å². The highest BCUT2D eigenvalue weighted by molar-refractivity contribution is 7.99. The molecule has 1 aliphatic carbocycles. The van der Waals surface area contributed by atoms with Crippen LogP contribution in [0.25, 0.3) is 0 Å². The monoisotopic (exact) mass is 390 g/mol. The van der Waals surface area contributed by atoms with Gasteiger partial charge in [0.25, 0.3) is 5.91 Å². The number of nitrogens with one attached hydrogen (secondary N) is 1. The van der Waals surface area contributed by atoms with Gasteiger partial charge in [0.1, 0.15) is 5.75 Å². The summed E-state index contributed by atoms with van der Waals surface area (Å²) in [5, 5.41) is 3.20. The van der Waals surface area contributed by atoms with E-state index in [2.05, 4.69) is 10.2 Å². The molecule has 4 rings (SSSR count). The normalized spacial score (nSPS) is 27.0. The molecule has 1 atom stereocenters. The first-order valence-corrected chi connectivity index (χ1v) is 11.4. The summed E-state index contributed by atoms with van der Waals surface area (Å²) in [6.07, 6.45) is 6.28. The molecule has 5 nitrogen and oxygen atoms in total. The van der Waals surface area contributed by atoms with Crippen LogP contribution in [0.15, 0.2) is 24.3 Å². The van der Waals surface area contributed by atoms with E-state index in [-0.39, 0.29) is 11.4 Å². The van der Waals surface area contributed by atoms with Gasteiger partial charge in [-0.1, -0.05) is 0 Å². The molecule has 1 unspecified atom stereocenters. The summed E-state index contributed by atoms with van der Waals surface area (Å²) in [6.45, 7) is 4.22. The van der Waals surface area contributed by atoms with Crippen LogP contribution in [0.3, 0.4) is 0 Å². The van der Waals surface area contributed by atoms with Gasteiger partial charge in [0, 0.05) is 36.5 Å². The molecule has 2 heterocycles. The molecule has 1 aromatic carbocycles. The molecule has 0 bridgehead atoms. The maximum absolute atomic E-state index is 12.7. The number of carbonyl (C=O) groups excluding carboxylic acids is 1. The second-order valence-corrected chi connectivity index (χ2v) is 8.96. The van der Waals surface area contributed by atoms with Gasteiger partial charge in [-0.25, -0.2) is 0 Å². The van der Waals surface area contributed by atoms with Crippen molar-refractivity contribution in [1.29, 1.82) is 0 Å². The number of carbonyl (C=O) groups is 1. The Morgan fingerprint density at radius 2 is 1.96 bits per heavy atom. The zero-order valence-corrected chi connectivity index (χ0v) is 16.8. The molecule has 0 aromatic heterocycles. The molecular weight excluding hydrogens is 360 g/mol. The number of benzene rings is 1. The van der Waals surface area contributed by atoms with Crippen molar-refractivity contribution in [2.45, 2.75) is 43.7 Å². The maximum atomic E-state index is 12.7. The van der Waals surface area contributed by atoms with Crippen molar-refractivity contribution in [2.24, 2.45) is 0 Å². The average Bonchev–Trinajstić information content (AvgIpc) is 3.40. The SMILES string of the molecule is O=C(NCC1(N2CCOCC2)CCSC1)c1ccc(OC2CCCC2)cc1. The topological polar surface area (TPSA) is 50.8 Å². The lowest BCUT2D eigenvalue weighted by Crippen LogP contribution is -2.59. The third kappa shape index (κ3) is 4.61. The summed E-state index contributed by atoms with van der Waals surface area (Å²) in [5.41, 5.74) is 0.784. The van der Waals surface area contributed by atoms with E-state index < -0.39 is 0 Å². The molecule has 148 valence electrons. The van der Waals surface area contributed by atoms with Crippen LogP contribution in [0, 0.1) is 0 Å². The minimum absolute atomic E-state index is 0.00644. The number of hydrogen-bond acceptors (Lipinski definition) is 5. The third-order valence-corrected chi connectivity index (χ3v) is 7.30. The van der Waals surface area contributed by atoms with Crippen LogP contribution in [-0.2, 0) is 4.74 Å². The summed E-state index contributed by atoms with van der Waals surface area (Å²) >= 11 is 1.99. The van der Waals surface area contributed by atoms with E-state index in [1.165, 1.54) is 18.6 Å². The van der Waals surface area contributed by atoms with Crippen LogP contribution in [-0.4, -0.2) is 66.8 Å². The highest BCUT2D eigenvalue weighted by Crippen LogP contribution is 2.33. The average molecular weight is 391 g/mol. The van der Waals surface area contributed by atoms with Gasteiger partial charge in [-0.05, 0) is 62.1 Å². The molecule has 1 saturated carbocycles. The summed E-state index contributed by atoms with van der Waals surface area (Å²) in [5.74, 6) is 3.13. The lowest BCUT2D eigenvalue weighted by molar-refractivity contribution is -0.0129. The third-order valence-electron chi connectivity index (χ3n) is 6.06. The molecule has 2 aliphatic heterocycles. The second kappa shape index (κ2) is 8.84. The lowest BCUT2D eigenvalue weighted by Gasteiger charge is -2.43. The Bertz CT molecular complexity index is 619. The van der Waals surface area contributed by atoms with Crippen LogP contribution < -0.4 is 10.1 Å². The molecule has 0 radical (unpaired) electrons. The van der Waals surface area contributed by atoms with Crippen molar-refractivity contribution < 1.29 is 14.3 Å². The van der Waals surface area contributed by atoms with E-state index in [1.54, 1.807) is 0 Å². The highest BCUT2D eigenvalue weighted by Gasteiger charge is 2.40. The molecule has 1 amide bonds. The fourth-order valence-corrected chi connectivity index (χ4v) is 5.84. The Kier molecular flexibility index (Phi) is 6.25. The number of thioether (sulfide) groups is 1. The molecular formula is C21H30N2O3S. The first-order valence-electron chi connectivity index (χ1n) is 10.2. The molecule has 3 aliphatic rings. The Labute approximate surface area is 166 Å². The van der Waals surface area contributed by atoms with Gasteiger partial charge >= 0.3 is 0 Å². The van der Waals surface area contributed by atoms with Crippen molar-refractivity contribution in [3.05, 3.63) is 29.8 Å². The molecule has 27 heavy (non-hydrogen) atoms. The van der Waals surface area contributed by atoms with Gasteiger partial charge in [-0.2, -0.15) is 11.8 Å². The summed E-state index contributed by atoms with van der Waals surface area (Å²) < 4.78 is 11.5. The molecule has 0 spiro atoms. The molecule has 2 saturated heterocycles. The van der Waals surface area contributed by atoms with Gasteiger partial charge in [-0.15, -0.1) is 0 Å². The minimum atomic E-state index is 0.00644. The zero-order chi connectivity index (χ0) is 18.5. The molecule has 6 heteroatoms. The molecule has 1 aromatic rings. The standard InChI is InChI=1S/C21H30N2O3S/c24-20(17-5-7-19(8-6-17)26-18-3-1-2-4-18)22-15-21(9-14-27-16-21)23-10-12-25-13-11-23/h5-8,18H,1-4,9-16H2,(H,22,24). The van der Waals surface area contributed by atoms with Crippen LogP contribution in [0.4, 0.5) is 0 Å². The number of amides is 1. The first-order chi connectivity index (χ1) is 13.3. The van der Waals surface area contributed by atoms with Gasteiger partial charge < -0.3 is 14.8 Å². The van der Waals surface area contributed by atoms with Crippen molar-refractivity contribution in [2.75, 3.05) is 44.4 Å². The fraction of sp³-hybridized carbons (Fsp3) is 0.667. The predicted molar refractivity (Wildman–Crippen MR) is 109 cm³/mol. The smallest absolute Gasteiger partial charge is 0.251 e. The quantitative estimate of drug-likeness (QED) is 0.809. The van der Waals surface area contributed by atoms with Crippen molar-refractivity contribution in [1.82, 2.24) is 10.2 Å². The molecule has 3 fully saturated rings. The van der Waals surface area contributed by atoms with E-state index in [0.29, 0.717) is 18.2 Å². The Balaban J connectivity index is 1.33. The number of ether oxygens (including phenoxy) is 2. The summed E-state index contributed by atoms with van der Waals surface area (Å²) in [4.78, 5) is 15.2. The van der Waals surface area contributed by atoms with E-state index in [1.807, 2.05) is 36.0 Å². The van der Waals surface area contributed by atoms with E-state index in [0.717, 1.165) is 57.1 Å². The minimum Gasteiger partial charge on any atom is -0.490 e. The van der Waals surface area contributed by atoms with Gasteiger partial charge in [-0.3, -0.25) is 9.69 Å². The fourth-order valence-electron chi connectivity index (χ4n) is 4.37. The van der Waals surface area contributed by atoms with Crippen LogP contribution in [0.1, 0.15) is 42.5 Å². The van der Waals surface area contributed by atoms with Crippen molar-refractivity contribution >= 4 is 17.7 Å². The number of nitrogens with zero attached hydrogens (tertiary/aromatic N) is 1.